The van der Waals surface area contributed by atoms with Gasteiger partial charge in [-0.15, -0.1) is 0 Å². The predicted octanol–water partition coefficient (Wildman–Crippen LogP) is 5.29. The highest BCUT2D eigenvalue weighted by Gasteiger charge is 2.02. The highest BCUT2D eigenvalue weighted by Crippen LogP contribution is 2.23. The fourth-order valence-electron chi connectivity index (χ4n) is 1.36. The quantitative estimate of drug-likeness (QED) is 0.610. The van der Waals surface area contributed by atoms with E-state index >= 15 is 0 Å². The number of hydrogen-bond acceptors (Lipinski definition) is 1. The largest absolute Gasteiger partial charge is 0.489 e. The van der Waals surface area contributed by atoms with Gasteiger partial charge in [-0.1, -0.05) is 39.7 Å². The molecule has 2 aromatic rings. The first-order chi connectivity index (χ1) is 8.15. The third-order valence-electron chi connectivity index (χ3n) is 2.21. The van der Waals surface area contributed by atoms with Crippen molar-refractivity contribution in [2.75, 3.05) is 0 Å². The van der Waals surface area contributed by atoms with Crippen LogP contribution in [0.3, 0.4) is 0 Å². The van der Waals surface area contributed by atoms with Crippen LogP contribution in [0.2, 0.25) is 5.02 Å². The first-order valence-corrected chi connectivity index (χ1v) is 7.22. The summed E-state index contributed by atoms with van der Waals surface area (Å²) in [5.74, 6) is 0.857. The molecule has 0 bridgehead atoms. The Bertz CT molecular complexity index is 531. The first kappa shape index (κ1) is 13.2. The molecule has 4 heteroatoms. The van der Waals surface area contributed by atoms with Crippen molar-refractivity contribution in [3.05, 3.63) is 61.1 Å². The lowest BCUT2D eigenvalue weighted by Gasteiger charge is -2.08. The van der Waals surface area contributed by atoms with Gasteiger partial charge in [0.25, 0.3) is 0 Å². The van der Waals surface area contributed by atoms with Crippen molar-refractivity contribution in [3.8, 4) is 5.75 Å². The van der Waals surface area contributed by atoms with Crippen LogP contribution < -0.4 is 4.74 Å². The van der Waals surface area contributed by atoms with Gasteiger partial charge in [-0.05, 0) is 52.9 Å². The lowest BCUT2D eigenvalue weighted by molar-refractivity contribution is 0.306. The molecule has 0 saturated carbocycles. The van der Waals surface area contributed by atoms with Gasteiger partial charge in [-0.3, -0.25) is 0 Å². The van der Waals surface area contributed by atoms with Gasteiger partial charge in [-0.2, -0.15) is 0 Å². The smallest absolute Gasteiger partial charge is 0.120 e. The Morgan fingerprint density at radius 1 is 1.18 bits per heavy atom. The molecule has 0 aliphatic rings. The molecule has 1 nitrogen and oxygen atoms in total. The molecule has 0 aliphatic heterocycles. The summed E-state index contributed by atoms with van der Waals surface area (Å²) in [6.07, 6.45) is 0. The molecule has 17 heavy (non-hydrogen) atoms. The van der Waals surface area contributed by atoms with E-state index in [1.165, 1.54) is 0 Å². The summed E-state index contributed by atoms with van der Waals surface area (Å²) in [4.78, 5) is 0. The Kier molecular flexibility index (Phi) is 4.70. The van der Waals surface area contributed by atoms with Crippen LogP contribution in [0.25, 0.3) is 0 Å². The fraction of sp³-hybridized carbons (Fsp3) is 0.0769. The molecule has 0 saturated heterocycles. The molecule has 2 aromatic carbocycles. The summed E-state index contributed by atoms with van der Waals surface area (Å²) in [6.45, 7) is 0.478. The Labute approximate surface area is 127 Å². The molecule has 0 spiro atoms. The maximum Gasteiger partial charge on any atom is 0.120 e. The Morgan fingerprint density at radius 3 is 2.71 bits per heavy atom. The minimum atomic E-state index is 0.478. The Morgan fingerprint density at radius 2 is 2.00 bits per heavy atom. The highest BCUT2D eigenvalue weighted by molar-refractivity contribution is 14.1. The minimum absolute atomic E-state index is 0.478. The molecule has 0 amide bonds. The second-order valence-electron chi connectivity index (χ2n) is 3.48. The van der Waals surface area contributed by atoms with E-state index in [0.29, 0.717) is 11.6 Å². The van der Waals surface area contributed by atoms with E-state index < -0.39 is 0 Å². The summed E-state index contributed by atoms with van der Waals surface area (Å²) < 4.78 is 7.82. The van der Waals surface area contributed by atoms with Crippen LogP contribution in [0.1, 0.15) is 5.56 Å². The number of rotatable bonds is 3. The molecule has 0 unspecified atom stereocenters. The van der Waals surface area contributed by atoms with E-state index in [1.54, 1.807) is 0 Å². The monoisotopic (exact) mass is 422 g/mol. The van der Waals surface area contributed by atoms with E-state index in [9.17, 15) is 0 Å². The normalized spacial score (nSPS) is 10.3. The number of hydrogen-bond donors (Lipinski definition) is 0. The number of halogens is 3. The molecule has 0 radical (unpaired) electrons. The van der Waals surface area contributed by atoms with Crippen molar-refractivity contribution in [1.29, 1.82) is 0 Å². The van der Waals surface area contributed by atoms with E-state index in [-0.39, 0.29) is 0 Å². The summed E-state index contributed by atoms with van der Waals surface area (Å²) >= 11 is 11.7. The third kappa shape index (κ3) is 3.86. The molecule has 0 aliphatic carbocycles. The average Bonchev–Trinajstić information content (AvgIpc) is 2.28. The van der Waals surface area contributed by atoms with E-state index in [4.69, 9.17) is 16.3 Å². The average molecular weight is 423 g/mol. The van der Waals surface area contributed by atoms with Crippen molar-refractivity contribution in [3.63, 3.8) is 0 Å². The van der Waals surface area contributed by atoms with Gasteiger partial charge in [0, 0.05) is 18.6 Å². The van der Waals surface area contributed by atoms with Crippen molar-refractivity contribution >= 4 is 50.1 Å². The molecule has 88 valence electrons. The molecule has 0 heterocycles. The van der Waals surface area contributed by atoms with Crippen LogP contribution in [0.15, 0.2) is 46.9 Å². The van der Waals surface area contributed by atoms with Crippen LogP contribution >= 0.6 is 50.1 Å². The Balaban J connectivity index is 2.07. The van der Waals surface area contributed by atoms with Gasteiger partial charge in [0.05, 0.1) is 0 Å². The zero-order chi connectivity index (χ0) is 12.3. The molecule has 0 fully saturated rings. The van der Waals surface area contributed by atoms with Crippen LogP contribution in [0, 0.1) is 3.57 Å². The standard InChI is InChI=1S/C13H9BrClIO/c14-10-5-4-9(13(15)6-10)8-17-12-3-1-2-11(16)7-12/h1-7H,8H2. The molecule has 0 N–H and O–H groups in total. The summed E-state index contributed by atoms with van der Waals surface area (Å²) in [6, 6.07) is 13.7. The topological polar surface area (TPSA) is 9.23 Å². The second kappa shape index (κ2) is 6.07. The lowest BCUT2D eigenvalue weighted by atomic mass is 10.2. The summed E-state index contributed by atoms with van der Waals surface area (Å²) in [7, 11) is 0. The maximum absolute atomic E-state index is 6.12. The van der Waals surface area contributed by atoms with Crippen LogP contribution in [-0.2, 0) is 6.61 Å². The van der Waals surface area contributed by atoms with E-state index in [2.05, 4.69) is 38.5 Å². The Hall–Kier alpha value is -0.260. The number of benzene rings is 2. The van der Waals surface area contributed by atoms with Gasteiger partial charge in [0.1, 0.15) is 12.4 Å². The highest BCUT2D eigenvalue weighted by atomic mass is 127. The van der Waals surface area contributed by atoms with Crippen LogP contribution in [0.5, 0.6) is 5.75 Å². The molecule has 2 rings (SSSR count). The molecule has 0 atom stereocenters. The second-order valence-corrected chi connectivity index (χ2v) is 6.05. The SMILES string of the molecule is Clc1cc(Br)ccc1COc1cccc(I)c1. The summed E-state index contributed by atoms with van der Waals surface area (Å²) in [5, 5.41) is 0.713. The van der Waals surface area contributed by atoms with Crippen LogP contribution in [0.4, 0.5) is 0 Å². The minimum Gasteiger partial charge on any atom is -0.489 e. The van der Waals surface area contributed by atoms with Gasteiger partial charge in [0.15, 0.2) is 0 Å². The third-order valence-corrected chi connectivity index (χ3v) is 3.72. The van der Waals surface area contributed by atoms with Crippen molar-refractivity contribution < 1.29 is 4.74 Å². The number of ether oxygens (including phenoxy) is 1. The van der Waals surface area contributed by atoms with E-state index in [1.807, 2.05) is 42.5 Å². The zero-order valence-electron chi connectivity index (χ0n) is 8.79. The first-order valence-electron chi connectivity index (χ1n) is 4.97. The van der Waals surface area contributed by atoms with Gasteiger partial charge in [-0.25, -0.2) is 0 Å². The lowest BCUT2D eigenvalue weighted by Crippen LogP contribution is -1.96. The predicted molar refractivity (Wildman–Crippen MR) is 82.6 cm³/mol. The van der Waals surface area contributed by atoms with Gasteiger partial charge >= 0.3 is 0 Å². The molecular formula is C13H9BrClIO. The van der Waals surface area contributed by atoms with Crippen molar-refractivity contribution in [2.45, 2.75) is 6.61 Å². The van der Waals surface area contributed by atoms with Crippen molar-refractivity contribution in [2.24, 2.45) is 0 Å². The van der Waals surface area contributed by atoms with Crippen LogP contribution in [-0.4, -0.2) is 0 Å². The zero-order valence-corrected chi connectivity index (χ0v) is 13.3. The maximum atomic E-state index is 6.12. The van der Waals surface area contributed by atoms with Gasteiger partial charge < -0.3 is 4.74 Å². The molecular weight excluding hydrogens is 414 g/mol. The van der Waals surface area contributed by atoms with E-state index in [0.717, 1.165) is 19.4 Å². The van der Waals surface area contributed by atoms with Gasteiger partial charge in [0.2, 0.25) is 0 Å². The fourth-order valence-corrected chi connectivity index (χ4v) is 2.60. The molecule has 0 aromatic heterocycles. The summed E-state index contributed by atoms with van der Waals surface area (Å²) in [5.41, 5.74) is 0.980. The van der Waals surface area contributed by atoms with Crippen molar-refractivity contribution in [1.82, 2.24) is 0 Å².